The lowest BCUT2D eigenvalue weighted by Crippen LogP contribution is -2.12. The highest BCUT2D eigenvalue weighted by Gasteiger charge is 2.07. The number of allylic oxidation sites excluding steroid dienone is 1. The highest BCUT2D eigenvalue weighted by atomic mass is 16.5. The summed E-state index contributed by atoms with van der Waals surface area (Å²) in [5.74, 6) is 2.24. The largest absolute Gasteiger partial charge is 0.487 e. The van der Waals surface area contributed by atoms with Crippen LogP contribution in [0.5, 0.6) is 11.5 Å². The first kappa shape index (κ1) is 23.9. The van der Waals surface area contributed by atoms with Crippen molar-refractivity contribution in [2.75, 3.05) is 0 Å². The normalized spacial score (nSPS) is 12.2. The third-order valence-electron chi connectivity index (χ3n) is 5.07. The van der Waals surface area contributed by atoms with Gasteiger partial charge in [0.25, 0.3) is 0 Å². The standard InChI is InChI=1S/C26H38N2O2/c1-4-6-8-10-11-13-19-29-24-17-15-23(16-18-24)26-27-20-25(21-28-26)30-22(3)14-12-9-7-5-2/h13,15-22H,4-12,14H2,1-3H3/b19-13+/t22-/m0/s1. The van der Waals surface area contributed by atoms with Crippen molar-refractivity contribution in [2.45, 2.75) is 91.1 Å². The Balaban J connectivity index is 1.77. The number of ether oxygens (including phenoxy) is 2. The molecule has 1 atom stereocenters. The molecule has 4 nitrogen and oxygen atoms in total. The van der Waals surface area contributed by atoms with E-state index in [0.717, 1.165) is 29.9 Å². The second kappa shape index (κ2) is 14.6. The van der Waals surface area contributed by atoms with E-state index < -0.39 is 0 Å². The Morgan fingerprint density at radius 3 is 2.17 bits per heavy atom. The molecule has 0 spiro atoms. The van der Waals surface area contributed by atoms with E-state index in [2.05, 4.69) is 36.8 Å². The Morgan fingerprint density at radius 1 is 0.833 bits per heavy atom. The van der Waals surface area contributed by atoms with Crippen LogP contribution >= 0.6 is 0 Å². The fraction of sp³-hybridized carbons (Fsp3) is 0.538. The minimum atomic E-state index is 0.187. The molecule has 0 bridgehead atoms. The SMILES string of the molecule is CCCCCC/C=C/Oc1ccc(-c2ncc(O[C@@H](C)CCCCCC)cn2)cc1. The smallest absolute Gasteiger partial charge is 0.159 e. The van der Waals surface area contributed by atoms with Gasteiger partial charge in [0.2, 0.25) is 0 Å². The Hall–Kier alpha value is -2.36. The molecular formula is C26H38N2O2. The molecule has 0 saturated carbocycles. The van der Waals surface area contributed by atoms with E-state index in [1.165, 1.54) is 51.4 Å². The van der Waals surface area contributed by atoms with Gasteiger partial charge in [-0.25, -0.2) is 9.97 Å². The van der Waals surface area contributed by atoms with Gasteiger partial charge < -0.3 is 9.47 Å². The molecule has 0 amide bonds. The van der Waals surface area contributed by atoms with E-state index in [0.29, 0.717) is 5.82 Å². The highest BCUT2D eigenvalue weighted by Crippen LogP contribution is 2.21. The minimum Gasteiger partial charge on any atom is -0.487 e. The zero-order valence-electron chi connectivity index (χ0n) is 19.0. The summed E-state index contributed by atoms with van der Waals surface area (Å²) in [6, 6.07) is 7.86. The Bertz CT molecular complexity index is 711. The maximum absolute atomic E-state index is 5.94. The van der Waals surface area contributed by atoms with Crippen LogP contribution in [0.4, 0.5) is 0 Å². The minimum absolute atomic E-state index is 0.187. The van der Waals surface area contributed by atoms with Crippen LogP contribution in [0.25, 0.3) is 11.4 Å². The quantitative estimate of drug-likeness (QED) is 0.222. The summed E-state index contributed by atoms with van der Waals surface area (Å²) >= 11 is 0. The molecule has 0 saturated heterocycles. The number of benzene rings is 1. The van der Waals surface area contributed by atoms with E-state index in [1.54, 1.807) is 18.7 Å². The maximum Gasteiger partial charge on any atom is 0.159 e. The maximum atomic E-state index is 5.94. The van der Waals surface area contributed by atoms with E-state index in [-0.39, 0.29) is 6.10 Å². The number of rotatable bonds is 15. The van der Waals surface area contributed by atoms with Gasteiger partial charge in [-0.2, -0.15) is 0 Å². The van der Waals surface area contributed by atoms with Crippen molar-refractivity contribution < 1.29 is 9.47 Å². The van der Waals surface area contributed by atoms with Crippen molar-refractivity contribution in [1.29, 1.82) is 0 Å². The van der Waals surface area contributed by atoms with Crippen molar-refractivity contribution in [2.24, 2.45) is 0 Å². The molecule has 0 unspecified atom stereocenters. The molecule has 0 aliphatic rings. The summed E-state index contributed by atoms with van der Waals surface area (Å²) in [4.78, 5) is 8.92. The summed E-state index contributed by atoms with van der Waals surface area (Å²) < 4.78 is 11.6. The average molecular weight is 411 g/mol. The predicted octanol–water partition coefficient (Wildman–Crippen LogP) is 7.74. The fourth-order valence-electron chi connectivity index (χ4n) is 3.24. The summed E-state index contributed by atoms with van der Waals surface area (Å²) in [5, 5.41) is 0. The molecule has 0 N–H and O–H groups in total. The Labute approximate surface area is 182 Å². The van der Waals surface area contributed by atoms with Crippen LogP contribution < -0.4 is 9.47 Å². The molecule has 1 aromatic carbocycles. The number of aromatic nitrogens is 2. The number of hydrogen-bond acceptors (Lipinski definition) is 4. The van der Waals surface area contributed by atoms with E-state index in [4.69, 9.17) is 9.47 Å². The Morgan fingerprint density at radius 2 is 1.50 bits per heavy atom. The van der Waals surface area contributed by atoms with Crippen LogP contribution in [0.3, 0.4) is 0 Å². The molecule has 30 heavy (non-hydrogen) atoms. The first-order valence-electron chi connectivity index (χ1n) is 11.6. The van der Waals surface area contributed by atoms with Gasteiger partial charge in [-0.05, 0) is 62.9 Å². The van der Waals surface area contributed by atoms with Gasteiger partial charge in [-0.15, -0.1) is 0 Å². The second-order valence-electron chi connectivity index (χ2n) is 7.88. The first-order chi connectivity index (χ1) is 14.7. The third kappa shape index (κ3) is 9.43. The zero-order chi connectivity index (χ0) is 21.4. The van der Waals surface area contributed by atoms with E-state index in [9.17, 15) is 0 Å². The van der Waals surface area contributed by atoms with Crippen molar-refractivity contribution >= 4 is 0 Å². The van der Waals surface area contributed by atoms with Gasteiger partial charge in [0, 0.05) is 5.56 Å². The van der Waals surface area contributed by atoms with Gasteiger partial charge in [0.05, 0.1) is 24.8 Å². The van der Waals surface area contributed by atoms with Gasteiger partial charge >= 0.3 is 0 Å². The lowest BCUT2D eigenvalue weighted by Gasteiger charge is -2.14. The van der Waals surface area contributed by atoms with Crippen molar-refractivity contribution in [3.63, 3.8) is 0 Å². The van der Waals surface area contributed by atoms with E-state index >= 15 is 0 Å². The fourth-order valence-corrected chi connectivity index (χ4v) is 3.24. The summed E-state index contributed by atoms with van der Waals surface area (Å²) in [5.41, 5.74) is 0.963. The molecule has 0 fully saturated rings. The first-order valence-corrected chi connectivity index (χ1v) is 11.6. The third-order valence-corrected chi connectivity index (χ3v) is 5.07. The monoisotopic (exact) mass is 410 g/mol. The number of nitrogens with zero attached hydrogens (tertiary/aromatic N) is 2. The molecule has 0 aliphatic carbocycles. The summed E-state index contributed by atoms with van der Waals surface area (Å²) in [6.45, 7) is 6.57. The molecular weight excluding hydrogens is 372 g/mol. The lowest BCUT2D eigenvalue weighted by molar-refractivity contribution is 0.205. The van der Waals surface area contributed by atoms with Crippen molar-refractivity contribution in [3.8, 4) is 22.9 Å². The van der Waals surface area contributed by atoms with Gasteiger partial charge in [0.15, 0.2) is 11.6 Å². The highest BCUT2D eigenvalue weighted by molar-refractivity contribution is 5.56. The summed E-state index contributed by atoms with van der Waals surface area (Å²) in [7, 11) is 0. The van der Waals surface area contributed by atoms with Crippen LogP contribution in [-0.2, 0) is 0 Å². The Kier molecular flexibility index (Phi) is 11.6. The number of unbranched alkanes of at least 4 members (excludes halogenated alkanes) is 7. The second-order valence-corrected chi connectivity index (χ2v) is 7.88. The lowest BCUT2D eigenvalue weighted by atomic mass is 10.1. The predicted molar refractivity (Wildman–Crippen MR) is 125 cm³/mol. The molecule has 4 heteroatoms. The molecule has 0 radical (unpaired) electrons. The topological polar surface area (TPSA) is 44.2 Å². The van der Waals surface area contributed by atoms with Gasteiger partial charge in [-0.1, -0.05) is 52.4 Å². The van der Waals surface area contributed by atoms with Crippen LogP contribution in [-0.4, -0.2) is 16.1 Å². The zero-order valence-corrected chi connectivity index (χ0v) is 19.0. The van der Waals surface area contributed by atoms with Gasteiger partial charge in [0.1, 0.15) is 5.75 Å². The van der Waals surface area contributed by atoms with Gasteiger partial charge in [-0.3, -0.25) is 0 Å². The molecule has 1 heterocycles. The van der Waals surface area contributed by atoms with Crippen molar-refractivity contribution in [3.05, 3.63) is 49.0 Å². The van der Waals surface area contributed by atoms with Crippen molar-refractivity contribution in [1.82, 2.24) is 9.97 Å². The number of hydrogen-bond donors (Lipinski definition) is 0. The van der Waals surface area contributed by atoms with Crippen LogP contribution in [0.1, 0.15) is 85.0 Å². The molecule has 164 valence electrons. The molecule has 0 aliphatic heterocycles. The van der Waals surface area contributed by atoms with Crippen LogP contribution in [0.15, 0.2) is 49.0 Å². The average Bonchev–Trinajstić information content (AvgIpc) is 2.77. The summed E-state index contributed by atoms with van der Waals surface area (Å²) in [6.07, 6.45) is 19.8. The van der Waals surface area contributed by atoms with E-state index in [1.807, 2.05) is 24.3 Å². The van der Waals surface area contributed by atoms with Crippen LogP contribution in [0, 0.1) is 0 Å². The molecule has 2 rings (SSSR count). The molecule has 2 aromatic rings. The van der Waals surface area contributed by atoms with Crippen LogP contribution in [0.2, 0.25) is 0 Å². The molecule has 1 aromatic heterocycles.